The molecule has 0 fully saturated rings. The Morgan fingerprint density at radius 3 is 2.47 bits per heavy atom. The largest absolute Gasteiger partial charge is 0.382 e. The van der Waals surface area contributed by atoms with Crippen LogP contribution in [0, 0.1) is 0 Å². The summed E-state index contributed by atoms with van der Waals surface area (Å²) in [5, 5.41) is 1.10. The molecule has 4 rings (SSSR count). The number of Topliss-reactive ketones (excluding diaryl/α,β-unsaturated/α-hetero) is 1. The highest BCUT2D eigenvalue weighted by molar-refractivity contribution is 6.06. The van der Waals surface area contributed by atoms with E-state index in [-0.39, 0.29) is 5.78 Å². The Morgan fingerprint density at radius 1 is 0.971 bits per heavy atom. The fraction of sp³-hybridized carbons (Fsp3) is 0.393. The lowest BCUT2D eigenvalue weighted by atomic mass is 10.0. The van der Waals surface area contributed by atoms with Crippen LogP contribution in [0.2, 0.25) is 0 Å². The van der Waals surface area contributed by atoms with Gasteiger partial charge in [0.15, 0.2) is 11.6 Å². The number of ketones is 1. The van der Waals surface area contributed by atoms with Crippen LogP contribution in [0.4, 0.5) is 11.5 Å². The van der Waals surface area contributed by atoms with Crippen molar-refractivity contribution in [2.45, 2.75) is 58.4 Å². The third-order valence-corrected chi connectivity index (χ3v) is 6.43. The van der Waals surface area contributed by atoms with Crippen molar-refractivity contribution in [2.75, 3.05) is 24.7 Å². The number of unbranched alkanes of at least 4 members (excludes halogenated alkanes) is 3. The number of aromatic nitrogens is 3. The molecule has 0 atom stereocenters. The Bertz CT molecular complexity index is 1270. The minimum Gasteiger partial charge on any atom is -0.382 e. The Hall–Kier alpha value is -3.41. The molecule has 4 aromatic rings. The molecule has 2 N–H and O–H groups in total. The van der Waals surface area contributed by atoms with Crippen LogP contribution in [0.1, 0.15) is 61.6 Å². The number of aryl methyl sites for hydroxylation is 2. The predicted octanol–water partition coefficient (Wildman–Crippen LogP) is 6.02. The Balaban J connectivity index is 1.44. The lowest BCUT2D eigenvalue weighted by Crippen LogP contribution is -2.09. The smallest absolute Gasteiger partial charge is 0.162 e. The quantitative estimate of drug-likeness (QED) is 0.220. The lowest BCUT2D eigenvalue weighted by Gasteiger charge is -2.12. The molecule has 0 aliphatic rings. The van der Waals surface area contributed by atoms with E-state index in [1.54, 1.807) is 0 Å². The maximum atomic E-state index is 12.6. The number of rotatable bonds is 11. The molecule has 0 unspecified atom stereocenters. The number of anilines is 2. The van der Waals surface area contributed by atoms with Crippen molar-refractivity contribution >= 4 is 39.2 Å². The van der Waals surface area contributed by atoms with Crippen LogP contribution >= 0.6 is 0 Å². The summed E-state index contributed by atoms with van der Waals surface area (Å²) in [5.41, 5.74) is 11.0. The van der Waals surface area contributed by atoms with E-state index in [1.165, 1.54) is 0 Å². The standard InChI is InChI=1S/C28H35N5O/c1-4-5-14-25-31-26-27(22-11-8-9-12-23(22)30-28(26)29)33(25)19-10-6-7-13-24(34)20-15-17-21(18-16-20)32(2)3/h8-9,11-12,15-18H,4-7,10,13-14,19H2,1-3H3,(H2,29,30). The molecule has 0 bridgehead atoms. The summed E-state index contributed by atoms with van der Waals surface area (Å²) in [6.45, 7) is 3.07. The molecule has 6 heteroatoms. The number of nitrogen functional groups attached to an aromatic ring is 1. The molecule has 0 aliphatic heterocycles. The van der Waals surface area contributed by atoms with E-state index in [2.05, 4.69) is 22.5 Å². The highest BCUT2D eigenvalue weighted by atomic mass is 16.1. The number of benzene rings is 2. The van der Waals surface area contributed by atoms with Crippen molar-refractivity contribution in [3.63, 3.8) is 0 Å². The molecule has 0 aliphatic carbocycles. The average Bonchev–Trinajstić information content (AvgIpc) is 3.21. The molecular weight excluding hydrogens is 422 g/mol. The van der Waals surface area contributed by atoms with E-state index >= 15 is 0 Å². The summed E-state index contributed by atoms with van der Waals surface area (Å²) in [7, 11) is 4.00. The topological polar surface area (TPSA) is 77.0 Å². The Kier molecular flexibility index (Phi) is 7.46. The van der Waals surface area contributed by atoms with Gasteiger partial charge in [0, 0.05) is 50.1 Å². The number of hydrogen-bond acceptors (Lipinski definition) is 5. The molecule has 0 spiro atoms. The van der Waals surface area contributed by atoms with Gasteiger partial charge in [0.25, 0.3) is 0 Å². The van der Waals surface area contributed by atoms with Gasteiger partial charge in [0.1, 0.15) is 11.3 Å². The lowest BCUT2D eigenvalue weighted by molar-refractivity contribution is 0.0979. The van der Waals surface area contributed by atoms with E-state index in [1.807, 2.05) is 61.5 Å². The zero-order valence-corrected chi connectivity index (χ0v) is 20.6. The summed E-state index contributed by atoms with van der Waals surface area (Å²) < 4.78 is 2.34. The second kappa shape index (κ2) is 10.7. The Labute approximate surface area is 201 Å². The molecule has 0 saturated heterocycles. The zero-order chi connectivity index (χ0) is 24.1. The van der Waals surface area contributed by atoms with Gasteiger partial charge in [0.05, 0.1) is 11.0 Å². The molecule has 2 aromatic carbocycles. The van der Waals surface area contributed by atoms with Gasteiger partial charge >= 0.3 is 0 Å². The minimum absolute atomic E-state index is 0.215. The highest BCUT2D eigenvalue weighted by Crippen LogP contribution is 2.29. The third-order valence-electron chi connectivity index (χ3n) is 6.43. The first-order valence-electron chi connectivity index (χ1n) is 12.3. The van der Waals surface area contributed by atoms with Gasteiger partial charge in [-0.3, -0.25) is 4.79 Å². The van der Waals surface area contributed by atoms with Crippen LogP contribution in [0.15, 0.2) is 48.5 Å². The van der Waals surface area contributed by atoms with Crippen molar-refractivity contribution in [2.24, 2.45) is 0 Å². The van der Waals surface area contributed by atoms with Crippen molar-refractivity contribution in [1.29, 1.82) is 0 Å². The summed E-state index contributed by atoms with van der Waals surface area (Å²) in [5.74, 6) is 1.79. The first kappa shape index (κ1) is 23.7. The molecule has 178 valence electrons. The van der Waals surface area contributed by atoms with E-state index in [9.17, 15) is 4.79 Å². The van der Waals surface area contributed by atoms with Gasteiger partial charge in [-0.2, -0.15) is 0 Å². The number of nitrogens with zero attached hydrogens (tertiary/aromatic N) is 4. The maximum Gasteiger partial charge on any atom is 0.162 e. The van der Waals surface area contributed by atoms with Crippen LogP contribution in [-0.2, 0) is 13.0 Å². The van der Waals surface area contributed by atoms with E-state index in [4.69, 9.17) is 10.7 Å². The monoisotopic (exact) mass is 457 g/mol. The molecule has 2 aromatic heterocycles. The summed E-state index contributed by atoms with van der Waals surface area (Å²) in [6.07, 6.45) is 6.59. The van der Waals surface area contributed by atoms with Gasteiger partial charge in [-0.1, -0.05) is 38.0 Å². The molecule has 34 heavy (non-hydrogen) atoms. The minimum atomic E-state index is 0.215. The normalized spacial score (nSPS) is 11.4. The highest BCUT2D eigenvalue weighted by Gasteiger charge is 2.17. The SMILES string of the molecule is CCCCc1nc2c(N)nc3ccccc3c2n1CCCCCC(=O)c1ccc(N(C)C)cc1. The van der Waals surface area contributed by atoms with Crippen molar-refractivity contribution in [3.8, 4) is 0 Å². The maximum absolute atomic E-state index is 12.6. The van der Waals surface area contributed by atoms with E-state index in [0.29, 0.717) is 12.2 Å². The van der Waals surface area contributed by atoms with Gasteiger partial charge in [-0.05, 0) is 49.6 Å². The molecule has 2 heterocycles. The second-order valence-corrected chi connectivity index (χ2v) is 9.17. The fourth-order valence-electron chi connectivity index (χ4n) is 4.49. The number of hydrogen-bond donors (Lipinski definition) is 1. The number of carbonyl (C=O) groups is 1. The zero-order valence-electron chi connectivity index (χ0n) is 20.6. The van der Waals surface area contributed by atoms with Crippen LogP contribution in [-0.4, -0.2) is 34.4 Å². The fourth-order valence-corrected chi connectivity index (χ4v) is 4.49. The van der Waals surface area contributed by atoms with Gasteiger partial charge in [-0.15, -0.1) is 0 Å². The van der Waals surface area contributed by atoms with Crippen LogP contribution in [0.25, 0.3) is 21.9 Å². The van der Waals surface area contributed by atoms with Crippen molar-refractivity contribution in [3.05, 3.63) is 59.9 Å². The predicted molar refractivity (Wildman–Crippen MR) is 142 cm³/mol. The van der Waals surface area contributed by atoms with Crippen LogP contribution in [0.5, 0.6) is 0 Å². The molecule has 0 amide bonds. The third kappa shape index (κ3) is 5.06. The number of carbonyl (C=O) groups excluding carboxylic acids is 1. The van der Waals surface area contributed by atoms with Gasteiger partial charge in [0.2, 0.25) is 0 Å². The number of fused-ring (bicyclic) bond motifs is 3. The average molecular weight is 458 g/mol. The molecule has 0 radical (unpaired) electrons. The second-order valence-electron chi connectivity index (χ2n) is 9.17. The van der Waals surface area contributed by atoms with Crippen LogP contribution < -0.4 is 10.6 Å². The first-order chi connectivity index (χ1) is 16.5. The Morgan fingerprint density at radius 2 is 1.74 bits per heavy atom. The van der Waals surface area contributed by atoms with Crippen molar-refractivity contribution in [1.82, 2.24) is 14.5 Å². The van der Waals surface area contributed by atoms with Crippen LogP contribution in [0.3, 0.4) is 0 Å². The summed E-state index contributed by atoms with van der Waals surface area (Å²) in [4.78, 5) is 24.1. The number of imidazole rings is 1. The number of nitrogens with two attached hydrogens (primary N) is 1. The van der Waals surface area contributed by atoms with Crippen molar-refractivity contribution < 1.29 is 4.79 Å². The molecular formula is C28H35N5O. The summed E-state index contributed by atoms with van der Waals surface area (Å²) >= 11 is 0. The number of pyridine rings is 1. The summed E-state index contributed by atoms with van der Waals surface area (Å²) in [6, 6.07) is 16.0. The molecule has 6 nitrogen and oxygen atoms in total. The van der Waals surface area contributed by atoms with Gasteiger partial charge < -0.3 is 15.2 Å². The number of para-hydroxylation sites is 1. The first-order valence-corrected chi connectivity index (χ1v) is 12.3. The van der Waals surface area contributed by atoms with Gasteiger partial charge in [-0.25, -0.2) is 9.97 Å². The molecule has 0 saturated carbocycles. The van der Waals surface area contributed by atoms with E-state index in [0.717, 1.165) is 84.1 Å². The van der Waals surface area contributed by atoms with E-state index < -0.39 is 0 Å².